The van der Waals surface area contributed by atoms with Gasteiger partial charge in [0.15, 0.2) is 5.41 Å². The molecule has 0 spiro atoms. The van der Waals surface area contributed by atoms with Gasteiger partial charge in [0.1, 0.15) is 11.6 Å². The lowest BCUT2D eigenvalue weighted by Crippen LogP contribution is -2.51. The van der Waals surface area contributed by atoms with E-state index in [1.807, 2.05) is 20.8 Å². The molecule has 1 aromatic heterocycles. The molecule has 1 aromatic rings. The summed E-state index contributed by atoms with van der Waals surface area (Å²) < 4.78 is 84.6. The van der Waals surface area contributed by atoms with Crippen molar-refractivity contribution >= 4 is 5.82 Å². The van der Waals surface area contributed by atoms with Crippen LogP contribution in [0.3, 0.4) is 0 Å². The molecule has 10 heteroatoms. The first-order chi connectivity index (χ1) is 11.7. The number of anilines is 1. The van der Waals surface area contributed by atoms with Crippen molar-refractivity contribution in [3.05, 3.63) is 17.6 Å². The third-order valence-electron chi connectivity index (χ3n) is 4.41. The molecular weight excluding hydrogens is 364 g/mol. The predicted molar refractivity (Wildman–Crippen MR) is 82.8 cm³/mol. The first kappa shape index (κ1) is 20.7. The fourth-order valence-electron chi connectivity index (χ4n) is 2.83. The summed E-state index contributed by atoms with van der Waals surface area (Å²) in [6.45, 7) is 3.89. The predicted octanol–water partition coefficient (Wildman–Crippen LogP) is 4.24. The van der Waals surface area contributed by atoms with Crippen LogP contribution in [-0.2, 0) is 16.8 Å². The Morgan fingerprint density at radius 1 is 1.08 bits per heavy atom. The van der Waals surface area contributed by atoms with E-state index in [4.69, 9.17) is 4.74 Å². The molecule has 0 aliphatic carbocycles. The second-order valence-corrected chi connectivity index (χ2v) is 7.47. The number of hydrogen-bond donors (Lipinski definition) is 0. The van der Waals surface area contributed by atoms with E-state index in [1.54, 1.807) is 0 Å². The third kappa shape index (κ3) is 3.74. The molecule has 0 atom stereocenters. The highest BCUT2D eigenvalue weighted by atomic mass is 19.4. The van der Waals surface area contributed by atoms with Crippen LogP contribution in [0, 0.1) is 5.41 Å². The maximum atomic E-state index is 13.3. The van der Waals surface area contributed by atoms with Crippen molar-refractivity contribution in [1.29, 1.82) is 0 Å². The normalized spacial score (nSPS) is 18.5. The van der Waals surface area contributed by atoms with Gasteiger partial charge in [-0.3, -0.25) is 0 Å². The van der Waals surface area contributed by atoms with Gasteiger partial charge in [-0.2, -0.15) is 26.3 Å². The minimum Gasteiger partial charge on any atom is -0.378 e. The summed E-state index contributed by atoms with van der Waals surface area (Å²) in [6.07, 6.45) is -11.8. The van der Waals surface area contributed by atoms with Crippen LogP contribution < -0.4 is 4.90 Å². The first-order valence-corrected chi connectivity index (χ1v) is 7.97. The standard InChI is InChI=1S/C16H21F6N3O/c1-13(2,3)12-23-10(8-26-4)7-11(24-12)25-6-5-14(9-25,15(17,18)19)16(20,21)22/h7H,5-6,8-9H2,1-4H3. The summed E-state index contributed by atoms with van der Waals surface area (Å²) in [5.74, 6) is 0.380. The Bertz CT molecular complexity index is 637. The fourth-order valence-corrected chi connectivity index (χ4v) is 2.83. The molecule has 1 saturated heterocycles. The minimum atomic E-state index is -5.39. The Morgan fingerprint density at radius 3 is 2.08 bits per heavy atom. The summed E-state index contributed by atoms with van der Waals surface area (Å²) in [5.41, 5.74) is -3.88. The maximum Gasteiger partial charge on any atom is 0.404 e. The molecule has 0 N–H and O–H groups in total. The molecule has 0 bridgehead atoms. The van der Waals surface area contributed by atoms with E-state index in [0.29, 0.717) is 11.5 Å². The summed E-state index contributed by atoms with van der Waals surface area (Å²) in [6, 6.07) is 1.38. The molecule has 148 valence electrons. The number of hydrogen-bond acceptors (Lipinski definition) is 4. The third-order valence-corrected chi connectivity index (χ3v) is 4.41. The van der Waals surface area contributed by atoms with Crippen molar-refractivity contribution < 1.29 is 31.1 Å². The van der Waals surface area contributed by atoms with E-state index in [2.05, 4.69) is 9.97 Å². The molecule has 0 radical (unpaired) electrons. The zero-order chi connectivity index (χ0) is 20.0. The Balaban J connectivity index is 2.45. The van der Waals surface area contributed by atoms with Gasteiger partial charge in [-0.1, -0.05) is 20.8 Å². The van der Waals surface area contributed by atoms with Crippen LogP contribution in [0.25, 0.3) is 0 Å². The van der Waals surface area contributed by atoms with Crippen LogP contribution in [0.1, 0.15) is 38.7 Å². The quantitative estimate of drug-likeness (QED) is 0.730. The lowest BCUT2D eigenvalue weighted by molar-refractivity contribution is -0.332. The number of halogens is 6. The summed E-state index contributed by atoms with van der Waals surface area (Å²) in [7, 11) is 1.42. The monoisotopic (exact) mass is 385 g/mol. The summed E-state index contributed by atoms with van der Waals surface area (Å²) in [5, 5.41) is 0. The topological polar surface area (TPSA) is 38.2 Å². The highest BCUT2D eigenvalue weighted by Gasteiger charge is 2.72. The molecule has 4 nitrogen and oxygen atoms in total. The summed E-state index contributed by atoms with van der Waals surface area (Å²) >= 11 is 0. The van der Waals surface area contributed by atoms with Crippen LogP contribution in [0.5, 0.6) is 0 Å². The average molecular weight is 385 g/mol. The molecule has 1 aliphatic heterocycles. The second kappa shape index (κ2) is 6.54. The van der Waals surface area contributed by atoms with Crippen LogP contribution in [0.15, 0.2) is 6.07 Å². The molecule has 2 rings (SSSR count). The number of aromatic nitrogens is 2. The van der Waals surface area contributed by atoms with Crippen LogP contribution in [0.4, 0.5) is 32.2 Å². The van der Waals surface area contributed by atoms with E-state index < -0.39 is 42.7 Å². The van der Waals surface area contributed by atoms with Gasteiger partial charge in [-0.05, 0) is 6.42 Å². The number of methoxy groups -OCH3 is 1. The van der Waals surface area contributed by atoms with Gasteiger partial charge < -0.3 is 9.64 Å². The van der Waals surface area contributed by atoms with Crippen molar-refractivity contribution in [2.24, 2.45) is 5.41 Å². The van der Waals surface area contributed by atoms with Crippen molar-refractivity contribution in [3.63, 3.8) is 0 Å². The second-order valence-electron chi connectivity index (χ2n) is 7.47. The molecule has 0 saturated carbocycles. The van der Waals surface area contributed by atoms with Crippen molar-refractivity contribution in [3.8, 4) is 0 Å². The average Bonchev–Trinajstić information content (AvgIpc) is 2.92. The fraction of sp³-hybridized carbons (Fsp3) is 0.750. The van der Waals surface area contributed by atoms with Crippen molar-refractivity contribution in [1.82, 2.24) is 9.97 Å². The van der Waals surface area contributed by atoms with Gasteiger partial charge >= 0.3 is 12.4 Å². The lowest BCUT2D eigenvalue weighted by Gasteiger charge is -2.33. The molecule has 0 unspecified atom stereocenters. The highest BCUT2D eigenvalue weighted by molar-refractivity contribution is 5.43. The van der Waals surface area contributed by atoms with E-state index in [1.165, 1.54) is 13.2 Å². The number of ether oxygens (including phenoxy) is 1. The van der Waals surface area contributed by atoms with Crippen LogP contribution >= 0.6 is 0 Å². The Kier molecular flexibility index (Phi) is 5.22. The van der Waals surface area contributed by atoms with Gasteiger partial charge in [0.25, 0.3) is 0 Å². The van der Waals surface area contributed by atoms with Gasteiger partial charge in [0.2, 0.25) is 0 Å². The van der Waals surface area contributed by atoms with Crippen LogP contribution in [-0.4, -0.2) is 42.5 Å². The maximum absolute atomic E-state index is 13.3. The number of nitrogens with zero attached hydrogens (tertiary/aromatic N) is 3. The number of rotatable bonds is 3. The molecule has 0 amide bonds. The minimum absolute atomic E-state index is 0.0485. The largest absolute Gasteiger partial charge is 0.404 e. The van der Waals surface area contributed by atoms with Crippen molar-refractivity contribution in [2.75, 3.05) is 25.1 Å². The van der Waals surface area contributed by atoms with Gasteiger partial charge in [-0.25, -0.2) is 9.97 Å². The molecule has 2 heterocycles. The van der Waals surface area contributed by atoms with Crippen molar-refractivity contribution in [2.45, 2.75) is 51.6 Å². The summed E-state index contributed by atoms with van der Waals surface area (Å²) in [4.78, 5) is 9.54. The van der Waals surface area contributed by atoms with Gasteiger partial charge in [0.05, 0.1) is 12.3 Å². The van der Waals surface area contributed by atoms with E-state index in [9.17, 15) is 26.3 Å². The zero-order valence-electron chi connectivity index (χ0n) is 14.9. The molecule has 1 aliphatic rings. The van der Waals surface area contributed by atoms with Gasteiger partial charge in [-0.15, -0.1) is 0 Å². The molecule has 1 fully saturated rings. The van der Waals surface area contributed by atoms with E-state index >= 15 is 0 Å². The van der Waals surface area contributed by atoms with Gasteiger partial charge in [0, 0.05) is 31.7 Å². The SMILES string of the molecule is COCc1cc(N2CCC(C(F)(F)F)(C(F)(F)F)C2)nc(C(C)(C)C)n1. The van der Waals surface area contributed by atoms with E-state index in [0.717, 1.165) is 4.90 Å². The Labute approximate surface area is 147 Å². The van der Waals surface area contributed by atoms with E-state index in [-0.39, 0.29) is 12.4 Å². The molecule has 0 aromatic carbocycles. The molecular formula is C16H21F6N3O. The Hall–Kier alpha value is -1.58. The smallest absolute Gasteiger partial charge is 0.378 e. The zero-order valence-corrected chi connectivity index (χ0v) is 14.9. The molecule has 26 heavy (non-hydrogen) atoms. The highest BCUT2D eigenvalue weighted by Crippen LogP contribution is 2.55. The number of alkyl halides is 6. The van der Waals surface area contributed by atoms with Crippen LogP contribution in [0.2, 0.25) is 0 Å². The Morgan fingerprint density at radius 2 is 1.65 bits per heavy atom. The first-order valence-electron chi connectivity index (χ1n) is 7.97. The lowest BCUT2D eigenvalue weighted by atomic mass is 9.85.